The zero-order chi connectivity index (χ0) is 17.1. The lowest BCUT2D eigenvalue weighted by Gasteiger charge is -2.20. The van der Waals surface area contributed by atoms with E-state index < -0.39 is 0 Å². The van der Waals surface area contributed by atoms with Gasteiger partial charge in [0.15, 0.2) is 0 Å². The highest BCUT2D eigenvalue weighted by Gasteiger charge is 2.25. The van der Waals surface area contributed by atoms with Crippen molar-refractivity contribution in [3.63, 3.8) is 0 Å². The quantitative estimate of drug-likeness (QED) is 0.705. The van der Waals surface area contributed by atoms with Gasteiger partial charge >= 0.3 is 0 Å². The van der Waals surface area contributed by atoms with Crippen LogP contribution in [-0.2, 0) is 0 Å². The molecule has 2 heteroatoms. The molecule has 1 fully saturated rings. The van der Waals surface area contributed by atoms with Crippen molar-refractivity contribution < 1.29 is 4.74 Å². The molecule has 0 saturated carbocycles. The van der Waals surface area contributed by atoms with Crippen LogP contribution in [0.1, 0.15) is 73.3 Å². The van der Waals surface area contributed by atoms with E-state index in [1.807, 2.05) is 27.7 Å². The van der Waals surface area contributed by atoms with E-state index in [9.17, 15) is 0 Å². The monoisotopic (exact) mass is 307 g/mol. The van der Waals surface area contributed by atoms with E-state index in [0.717, 1.165) is 25.3 Å². The van der Waals surface area contributed by atoms with Crippen molar-refractivity contribution in [2.24, 2.45) is 0 Å². The molecule has 0 amide bonds. The fourth-order valence-electron chi connectivity index (χ4n) is 2.46. The molecule has 1 aromatic rings. The van der Waals surface area contributed by atoms with E-state index in [1.165, 1.54) is 5.56 Å². The predicted molar refractivity (Wildman–Crippen MR) is 99.0 cm³/mol. The molecule has 1 heterocycles. The first-order chi connectivity index (χ1) is 10.6. The minimum atomic E-state index is 0.356. The van der Waals surface area contributed by atoms with Gasteiger partial charge in [-0.1, -0.05) is 53.7 Å². The maximum Gasteiger partial charge on any atom is 0.120 e. The van der Waals surface area contributed by atoms with E-state index in [1.54, 1.807) is 0 Å². The third-order valence-electron chi connectivity index (χ3n) is 3.73. The van der Waals surface area contributed by atoms with Gasteiger partial charge in [0.05, 0.1) is 0 Å². The van der Waals surface area contributed by atoms with Crippen LogP contribution in [0, 0.1) is 0 Å². The Morgan fingerprint density at radius 3 is 2.18 bits per heavy atom. The summed E-state index contributed by atoms with van der Waals surface area (Å²) in [6, 6.07) is 9.15. The van der Waals surface area contributed by atoms with Crippen LogP contribution in [0.15, 0.2) is 24.3 Å². The molecule has 22 heavy (non-hydrogen) atoms. The van der Waals surface area contributed by atoms with Crippen LogP contribution in [0.2, 0.25) is 0 Å². The lowest BCUT2D eigenvalue weighted by atomic mass is 10.0. The largest absolute Gasteiger partial charge is 0.489 e. The van der Waals surface area contributed by atoms with Gasteiger partial charge in [-0.05, 0) is 43.9 Å². The summed E-state index contributed by atoms with van der Waals surface area (Å²) in [5.74, 6) is 1.58. The van der Waals surface area contributed by atoms with Crippen molar-refractivity contribution in [2.45, 2.75) is 79.9 Å². The van der Waals surface area contributed by atoms with Crippen molar-refractivity contribution in [1.29, 1.82) is 0 Å². The second-order valence-corrected chi connectivity index (χ2v) is 5.84. The van der Waals surface area contributed by atoms with Crippen LogP contribution in [0.4, 0.5) is 0 Å². The number of rotatable bonds is 4. The van der Waals surface area contributed by atoms with E-state index >= 15 is 0 Å². The average molecular weight is 308 g/mol. The topological polar surface area (TPSA) is 12.5 Å². The highest BCUT2D eigenvalue weighted by Crippen LogP contribution is 2.23. The van der Waals surface area contributed by atoms with Gasteiger partial charge in [0.1, 0.15) is 11.9 Å². The normalized spacial score (nSPS) is 17.6. The third-order valence-corrected chi connectivity index (χ3v) is 3.73. The predicted octanol–water partition coefficient (Wildman–Crippen LogP) is 5.72. The Bertz CT molecular complexity index is 387. The fourth-order valence-corrected chi connectivity index (χ4v) is 2.46. The van der Waals surface area contributed by atoms with Gasteiger partial charge in [0.25, 0.3) is 0 Å². The van der Waals surface area contributed by atoms with Crippen LogP contribution in [0.5, 0.6) is 5.75 Å². The second-order valence-electron chi connectivity index (χ2n) is 5.84. The Balaban J connectivity index is 0.00000102. The highest BCUT2D eigenvalue weighted by molar-refractivity contribution is 5.30. The Kier molecular flexibility index (Phi) is 11.0. The minimum absolute atomic E-state index is 0.356. The molecule has 0 radical (unpaired) electrons. The molecule has 1 aliphatic heterocycles. The molecule has 0 aromatic heterocycles. The van der Waals surface area contributed by atoms with Crippen molar-refractivity contribution >= 4 is 0 Å². The van der Waals surface area contributed by atoms with Crippen LogP contribution < -0.4 is 4.74 Å². The summed E-state index contributed by atoms with van der Waals surface area (Å²) in [6.45, 7) is 19.2. The molecular weight excluding hydrogens is 270 g/mol. The minimum Gasteiger partial charge on any atom is -0.489 e. The second kappa shape index (κ2) is 11.5. The van der Waals surface area contributed by atoms with Crippen molar-refractivity contribution in [2.75, 3.05) is 13.1 Å². The van der Waals surface area contributed by atoms with Crippen molar-refractivity contribution in [1.82, 2.24) is 4.90 Å². The molecule has 0 aliphatic carbocycles. The zero-order valence-corrected chi connectivity index (χ0v) is 16.0. The van der Waals surface area contributed by atoms with Crippen LogP contribution in [0.25, 0.3) is 0 Å². The molecule has 2 nitrogen and oxygen atoms in total. The van der Waals surface area contributed by atoms with E-state index in [-0.39, 0.29) is 0 Å². The average Bonchev–Trinajstić information content (AvgIpc) is 3.00. The Labute approximate surface area is 138 Å². The number of likely N-dealkylation sites (tertiary alicyclic amines) is 1. The molecular formula is C20H37NO. The van der Waals surface area contributed by atoms with Crippen LogP contribution >= 0.6 is 0 Å². The SMILES string of the molecule is CC.CC.CC(C)c1cccc(OC2CCN(C(C)C)C2)c1. The molecule has 0 bridgehead atoms. The van der Waals surface area contributed by atoms with Crippen molar-refractivity contribution in [3.8, 4) is 5.75 Å². The fraction of sp³-hybridized carbons (Fsp3) is 0.700. The molecule has 2 rings (SSSR count). The van der Waals surface area contributed by atoms with E-state index in [4.69, 9.17) is 4.74 Å². The first-order valence-electron chi connectivity index (χ1n) is 9.07. The van der Waals surface area contributed by atoms with Gasteiger partial charge in [0, 0.05) is 19.1 Å². The molecule has 1 unspecified atom stereocenters. The molecule has 128 valence electrons. The van der Waals surface area contributed by atoms with E-state index in [2.05, 4.69) is 56.9 Å². The van der Waals surface area contributed by atoms with Crippen molar-refractivity contribution in [3.05, 3.63) is 29.8 Å². The standard InChI is InChI=1S/C16H25NO.2C2H6/c1-12(2)14-6-5-7-15(10-14)18-16-8-9-17(11-16)13(3)4;2*1-2/h5-7,10,12-13,16H,8-9,11H2,1-4H3;2*1-2H3. The summed E-state index contributed by atoms with van der Waals surface area (Å²) in [6.07, 6.45) is 1.50. The number of nitrogens with zero attached hydrogens (tertiary/aromatic N) is 1. The van der Waals surface area contributed by atoms with Gasteiger partial charge in [-0.15, -0.1) is 0 Å². The van der Waals surface area contributed by atoms with Gasteiger partial charge in [-0.3, -0.25) is 4.90 Å². The zero-order valence-electron chi connectivity index (χ0n) is 16.0. The highest BCUT2D eigenvalue weighted by atomic mass is 16.5. The van der Waals surface area contributed by atoms with Crippen LogP contribution in [0.3, 0.4) is 0 Å². The molecule has 1 saturated heterocycles. The van der Waals surface area contributed by atoms with Crippen LogP contribution in [-0.4, -0.2) is 30.1 Å². The molecule has 1 atom stereocenters. The Morgan fingerprint density at radius 1 is 1.05 bits per heavy atom. The summed E-state index contributed by atoms with van der Waals surface area (Å²) in [5.41, 5.74) is 1.35. The summed E-state index contributed by atoms with van der Waals surface area (Å²) < 4.78 is 6.10. The summed E-state index contributed by atoms with van der Waals surface area (Å²) >= 11 is 0. The van der Waals surface area contributed by atoms with Gasteiger partial charge in [0.2, 0.25) is 0 Å². The number of hydrogen-bond acceptors (Lipinski definition) is 2. The molecule has 0 spiro atoms. The van der Waals surface area contributed by atoms with Gasteiger partial charge < -0.3 is 4.74 Å². The summed E-state index contributed by atoms with van der Waals surface area (Å²) in [4.78, 5) is 2.48. The van der Waals surface area contributed by atoms with Gasteiger partial charge in [-0.2, -0.15) is 0 Å². The number of hydrogen-bond donors (Lipinski definition) is 0. The smallest absolute Gasteiger partial charge is 0.120 e. The lowest BCUT2D eigenvalue weighted by molar-refractivity contribution is 0.187. The molecule has 1 aromatic carbocycles. The number of benzene rings is 1. The van der Waals surface area contributed by atoms with E-state index in [0.29, 0.717) is 18.1 Å². The first-order valence-corrected chi connectivity index (χ1v) is 9.07. The Hall–Kier alpha value is -1.02. The first kappa shape index (κ1) is 21.0. The lowest BCUT2D eigenvalue weighted by Crippen LogP contribution is -2.30. The Morgan fingerprint density at radius 2 is 1.68 bits per heavy atom. The third kappa shape index (κ3) is 6.83. The molecule has 1 aliphatic rings. The maximum absolute atomic E-state index is 6.10. The summed E-state index contributed by atoms with van der Waals surface area (Å²) in [5, 5.41) is 0. The number of ether oxygens (including phenoxy) is 1. The maximum atomic E-state index is 6.10. The van der Waals surface area contributed by atoms with Gasteiger partial charge in [-0.25, -0.2) is 0 Å². The molecule has 0 N–H and O–H groups in total. The summed E-state index contributed by atoms with van der Waals surface area (Å²) in [7, 11) is 0.